The van der Waals surface area contributed by atoms with E-state index in [1.165, 1.54) is 21.3 Å². The van der Waals surface area contributed by atoms with E-state index in [0.29, 0.717) is 34.6 Å². The number of hydrogen-bond donors (Lipinski definition) is 2. The van der Waals surface area contributed by atoms with Crippen LogP contribution in [0.2, 0.25) is 0 Å². The van der Waals surface area contributed by atoms with E-state index in [-0.39, 0.29) is 0 Å². The number of hydrogen-bond acceptors (Lipinski definition) is 5. The molecule has 0 spiro atoms. The summed E-state index contributed by atoms with van der Waals surface area (Å²) in [5.74, 6) is 1.35. The van der Waals surface area contributed by atoms with Crippen molar-refractivity contribution >= 4 is 15.9 Å². The molecule has 0 aliphatic carbocycles. The molecule has 108 valence electrons. The third-order valence-corrected chi connectivity index (χ3v) is 3.26. The maximum Gasteiger partial charge on any atom is 0.203 e. The SMILES string of the molecule is COc1cc(C(O)C(O)CCBr)cc(OC)c1OC. The number of rotatable bonds is 7. The van der Waals surface area contributed by atoms with Gasteiger partial charge in [0.25, 0.3) is 0 Å². The normalized spacial score (nSPS) is 13.8. The molecule has 0 fully saturated rings. The molecule has 0 aliphatic rings. The maximum absolute atomic E-state index is 10.1. The van der Waals surface area contributed by atoms with Crippen LogP contribution in [-0.2, 0) is 0 Å². The van der Waals surface area contributed by atoms with Crippen LogP contribution < -0.4 is 14.2 Å². The summed E-state index contributed by atoms with van der Waals surface area (Å²) in [6, 6.07) is 3.26. The average Bonchev–Trinajstić information content (AvgIpc) is 2.44. The fourth-order valence-corrected chi connectivity index (χ4v) is 2.23. The predicted octanol–water partition coefficient (Wildman–Crippen LogP) is 1.89. The Morgan fingerprint density at radius 3 is 1.95 bits per heavy atom. The molecule has 2 atom stereocenters. The first-order chi connectivity index (χ1) is 9.08. The number of aliphatic hydroxyl groups is 2. The Labute approximate surface area is 121 Å². The van der Waals surface area contributed by atoms with Gasteiger partial charge < -0.3 is 24.4 Å². The molecule has 0 saturated carbocycles. The second-order valence-corrected chi connectivity index (χ2v) is 4.74. The van der Waals surface area contributed by atoms with E-state index in [1.807, 2.05) is 0 Å². The Morgan fingerprint density at radius 2 is 1.58 bits per heavy atom. The number of methoxy groups -OCH3 is 3. The minimum atomic E-state index is -1.01. The van der Waals surface area contributed by atoms with Crippen molar-refractivity contribution in [3.8, 4) is 17.2 Å². The topological polar surface area (TPSA) is 68.2 Å². The smallest absolute Gasteiger partial charge is 0.203 e. The molecular weight excluding hydrogens is 316 g/mol. The fraction of sp³-hybridized carbons (Fsp3) is 0.538. The average molecular weight is 335 g/mol. The summed E-state index contributed by atoms with van der Waals surface area (Å²) in [7, 11) is 4.51. The van der Waals surface area contributed by atoms with Gasteiger partial charge in [0, 0.05) is 5.33 Å². The monoisotopic (exact) mass is 334 g/mol. The largest absolute Gasteiger partial charge is 0.493 e. The van der Waals surface area contributed by atoms with Crippen molar-refractivity contribution in [1.82, 2.24) is 0 Å². The molecule has 1 rings (SSSR count). The first kappa shape index (κ1) is 16.1. The second kappa shape index (κ2) is 7.57. The van der Waals surface area contributed by atoms with Crippen LogP contribution in [0.5, 0.6) is 17.2 Å². The minimum absolute atomic E-state index is 0.442. The van der Waals surface area contributed by atoms with Crippen LogP contribution in [0.3, 0.4) is 0 Å². The van der Waals surface area contributed by atoms with Gasteiger partial charge in [-0.05, 0) is 24.1 Å². The summed E-state index contributed by atoms with van der Waals surface area (Å²) >= 11 is 3.23. The molecule has 1 aromatic rings. The Hall–Kier alpha value is -0.980. The molecule has 0 saturated heterocycles. The standard InChI is InChI=1S/C13H19BrO5/c1-17-10-6-8(12(16)9(15)4-5-14)7-11(18-2)13(10)19-3/h6-7,9,12,15-16H,4-5H2,1-3H3. The van der Waals surface area contributed by atoms with Crippen molar-refractivity contribution < 1.29 is 24.4 Å². The summed E-state index contributed by atoms with van der Waals surface area (Å²) in [5.41, 5.74) is 0.517. The van der Waals surface area contributed by atoms with Crippen molar-refractivity contribution in [3.05, 3.63) is 17.7 Å². The van der Waals surface area contributed by atoms with E-state index >= 15 is 0 Å². The van der Waals surface area contributed by atoms with Crippen LogP contribution >= 0.6 is 15.9 Å². The fourth-order valence-electron chi connectivity index (χ4n) is 1.76. The van der Waals surface area contributed by atoms with E-state index in [2.05, 4.69) is 15.9 Å². The lowest BCUT2D eigenvalue weighted by Crippen LogP contribution is -2.18. The van der Waals surface area contributed by atoms with Crippen molar-refractivity contribution in [1.29, 1.82) is 0 Å². The first-order valence-electron chi connectivity index (χ1n) is 5.81. The lowest BCUT2D eigenvalue weighted by Gasteiger charge is -2.20. The zero-order valence-electron chi connectivity index (χ0n) is 11.2. The minimum Gasteiger partial charge on any atom is -0.493 e. The summed E-state index contributed by atoms with van der Waals surface area (Å²) in [4.78, 5) is 0. The van der Waals surface area contributed by atoms with Gasteiger partial charge in [-0.15, -0.1) is 0 Å². The predicted molar refractivity (Wildman–Crippen MR) is 75.5 cm³/mol. The van der Waals surface area contributed by atoms with E-state index < -0.39 is 12.2 Å². The molecule has 2 N–H and O–H groups in total. The van der Waals surface area contributed by atoms with E-state index in [1.54, 1.807) is 12.1 Å². The maximum atomic E-state index is 10.1. The molecule has 19 heavy (non-hydrogen) atoms. The van der Waals surface area contributed by atoms with E-state index in [4.69, 9.17) is 14.2 Å². The van der Waals surface area contributed by atoms with Gasteiger partial charge in [0.15, 0.2) is 11.5 Å². The van der Waals surface area contributed by atoms with Crippen LogP contribution in [0.15, 0.2) is 12.1 Å². The van der Waals surface area contributed by atoms with Crippen molar-refractivity contribution in [2.75, 3.05) is 26.7 Å². The van der Waals surface area contributed by atoms with Crippen molar-refractivity contribution in [2.45, 2.75) is 18.6 Å². The number of halogens is 1. The lowest BCUT2D eigenvalue weighted by atomic mass is 10.0. The molecule has 6 heteroatoms. The highest BCUT2D eigenvalue weighted by Crippen LogP contribution is 2.40. The molecule has 0 aromatic heterocycles. The van der Waals surface area contributed by atoms with Gasteiger partial charge in [0.05, 0.1) is 27.4 Å². The second-order valence-electron chi connectivity index (χ2n) is 3.95. The first-order valence-corrected chi connectivity index (χ1v) is 6.93. The van der Waals surface area contributed by atoms with E-state index in [0.717, 1.165) is 0 Å². The zero-order valence-corrected chi connectivity index (χ0v) is 12.8. The molecule has 0 radical (unpaired) electrons. The molecule has 0 amide bonds. The van der Waals surface area contributed by atoms with Gasteiger partial charge >= 0.3 is 0 Å². The number of alkyl halides is 1. The Bertz CT molecular complexity index is 385. The third-order valence-electron chi connectivity index (χ3n) is 2.80. The number of benzene rings is 1. The van der Waals surface area contributed by atoms with Crippen molar-refractivity contribution in [2.24, 2.45) is 0 Å². The zero-order chi connectivity index (χ0) is 14.4. The van der Waals surface area contributed by atoms with Gasteiger partial charge in [-0.1, -0.05) is 15.9 Å². The number of aliphatic hydroxyl groups excluding tert-OH is 2. The lowest BCUT2D eigenvalue weighted by molar-refractivity contribution is 0.0171. The van der Waals surface area contributed by atoms with Crippen LogP contribution in [0.4, 0.5) is 0 Å². The highest BCUT2D eigenvalue weighted by Gasteiger charge is 2.22. The third kappa shape index (κ3) is 3.75. The van der Waals surface area contributed by atoms with Crippen LogP contribution in [-0.4, -0.2) is 43.0 Å². The van der Waals surface area contributed by atoms with Gasteiger partial charge in [-0.3, -0.25) is 0 Å². The highest BCUT2D eigenvalue weighted by molar-refractivity contribution is 9.09. The van der Waals surface area contributed by atoms with Crippen LogP contribution in [0.25, 0.3) is 0 Å². The summed E-state index contributed by atoms with van der Waals surface area (Å²) in [5, 5.41) is 20.5. The van der Waals surface area contributed by atoms with Crippen LogP contribution in [0.1, 0.15) is 18.1 Å². The van der Waals surface area contributed by atoms with Gasteiger partial charge in [0.1, 0.15) is 6.10 Å². The van der Waals surface area contributed by atoms with Crippen molar-refractivity contribution in [3.63, 3.8) is 0 Å². The Balaban J connectivity index is 3.15. The summed E-state index contributed by atoms with van der Waals surface area (Å²) in [6.45, 7) is 0. The van der Waals surface area contributed by atoms with E-state index in [9.17, 15) is 10.2 Å². The molecular formula is C13H19BrO5. The Kier molecular flexibility index (Phi) is 6.41. The molecule has 0 bridgehead atoms. The van der Waals surface area contributed by atoms with Gasteiger partial charge in [-0.25, -0.2) is 0 Å². The highest BCUT2D eigenvalue weighted by atomic mass is 79.9. The van der Waals surface area contributed by atoms with Gasteiger partial charge in [-0.2, -0.15) is 0 Å². The summed E-state index contributed by atoms with van der Waals surface area (Å²) in [6.07, 6.45) is -1.42. The Morgan fingerprint density at radius 1 is 1.05 bits per heavy atom. The molecule has 0 aliphatic heterocycles. The molecule has 5 nitrogen and oxygen atoms in total. The molecule has 1 aromatic carbocycles. The molecule has 2 unspecified atom stereocenters. The molecule has 0 heterocycles. The summed E-state index contributed by atoms with van der Waals surface area (Å²) < 4.78 is 15.6. The number of ether oxygens (including phenoxy) is 3. The van der Waals surface area contributed by atoms with Crippen LogP contribution in [0, 0.1) is 0 Å². The quantitative estimate of drug-likeness (QED) is 0.745. The van der Waals surface area contributed by atoms with Gasteiger partial charge in [0.2, 0.25) is 5.75 Å².